The van der Waals surface area contributed by atoms with Crippen LogP contribution in [-0.2, 0) is 24.3 Å². The largest absolute Gasteiger partial charge is 0.408 e. The second-order valence-electron chi connectivity index (χ2n) is 9.41. The monoisotopic (exact) mass is 561 g/mol. The number of benzene rings is 2. The molecule has 37 heavy (non-hydrogen) atoms. The second kappa shape index (κ2) is 8.95. The quantitative estimate of drug-likeness (QED) is 0.427. The van der Waals surface area contributed by atoms with Crippen molar-refractivity contribution in [3.63, 3.8) is 0 Å². The molecule has 1 saturated carbocycles. The fourth-order valence-electron chi connectivity index (χ4n) is 4.55. The zero-order chi connectivity index (χ0) is 26.8. The molecule has 14 heteroatoms. The highest BCUT2D eigenvalue weighted by Crippen LogP contribution is 2.45. The van der Waals surface area contributed by atoms with Crippen LogP contribution in [0.5, 0.6) is 0 Å². The zero-order valence-electron chi connectivity index (χ0n) is 19.5. The summed E-state index contributed by atoms with van der Waals surface area (Å²) in [5.41, 5.74) is 0.348. The highest BCUT2D eigenvalue weighted by Gasteiger charge is 2.49. The number of piperidine rings is 1. The molecule has 2 heterocycles. The van der Waals surface area contributed by atoms with Crippen LogP contribution in [0.4, 0.5) is 28.9 Å². The van der Waals surface area contributed by atoms with Gasteiger partial charge in [0.15, 0.2) is 0 Å². The van der Waals surface area contributed by atoms with Gasteiger partial charge in [0.25, 0.3) is 20.1 Å². The van der Waals surface area contributed by atoms with Crippen LogP contribution in [0.25, 0.3) is 0 Å². The van der Waals surface area contributed by atoms with E-state index < -0.39 is 55.6 Å². The van der Waals surface area contributed by atoms with Crippen molar-refractivity contribution in [2.45, 2.75) is 60.7 Å². The van der Waals surface area contributed by atoms with Crippen LogP contribution in [0.3, 0.4) is 0 Å². The number of hydrogen-bond acceptors (Lipinski definition) is 7. The molecule has 2 atom stereocenters. The predicted molar refractivity (Wildman–Crippen MR) is 127 cm³/mol. The molecule has 0 unspecified atom stereocenters. The summed E-state index contributed by atoms with van der Waals surface area (Å²) < 4.78 is 117. The molecule has 2 aliphatic heterocycles. The molecule has 0 spiro atoms. The van der Waals surface area contributed by atoms with Gasteiger partial charge in [-0.1, -0.05) is 17.7 Å². The Morgan fingerprint density at radius 2 is 1.78 bits per heavy atom. The number of aryl methyl sites for hydroxylation is 1. The number of rotatable bonds is 5. The number of nitrogens with one attached hydrogen (secondary N) is 1. The van der Waals surface area contributed by atoms with E-state index in [2.05, 4.69) is 9.71 Å². The standard InChI is InChI=1S/C23H23F4N3O5S2/c1-13-2-6-17(7-3-13)37(33,34)35-16-8-9-30(20(12-16)23(25,26)27)18-10-15(24)11-19-21(18)28-22(14-4-5-14)29-36(19,31)32/h2-3,6-7,10-11,14,16,20H,4-5,8-9,12H2,1H3,(H,28,29)/t16-,20+/m1/s1. The molecular weight excluding hydrogens is 538 g/mol. The summed E-state index contributed by atoms with van der Waals surface area (Å²) in [5.74, 6) is -1.08. The number of hydrogen-bond donors (Lipinski definition) is 1. The van der Waals surface area contributed by atoms with Crippen molar-refractivity contribution in [3.05, 3.63) is 47.8 Å². The Hall–Kier alpha value is -2.71. The van der Waals surface area contributed by atoms with Crippen LogP contribution in [0.1, 0.15) is 31.2 Å². The van der Waals surface area contributed by atoms with E-state index in [1.807, 2.05) is 0 Å². The van der Waals surface area contributed by atoms with Crippen LogP contribution in [0.2, 0.25) is 0 Å². The Bertz CT molecular complexity index is 1470. The molecular formula is C23H23F4N3O5S2. The molecule has 200 valence electrons. The molecule has 1 aliphatic carbocycles. The highest BCUT2D eigenvalue weighted by atomic mass is 32.2. The van der Waals surface area contributed by atoms with Crippen LogP contribution in [0, 0.1) is 18.7 Å². The molecule has 5 rings (SSSR count). The van der Waals surface area contributed by atoms with Crippen molar-refractivity contribution in [1.82, 2.24) is 0 Å². The highest BCUT2D eigenvalue weighted by molar-refractivity contribution is 7.90. The van der Waals surface area contributed by atoms with E-state index in [0.29, 0.717) is 12.8 Å². The summed E-state index contributed by atoms with van der Waals surface area (Å²) in [5, 5.41) is 2.82. The minimum Gasteiger partial charge on any atom is -0.358 e. The lowest BCUT2D eigenvalue weighted by molar-refractivity contribution is -0.157. The maximum absolute atomic E-state index is 14.5. The Morgan fingerprint density at radius 1 is 1.11 bits per heavy atom. The number of nitrogens with zero attached hydrogens (tertiary/aromatic N) is 2. The third-order valence-corrected chi connectivity index (χ3v) is 9.26. The van der Waals surface area contributed by atoms with E-state index in [1.165, 1.54) is 12.1 Å². The van der Waals surface area contributed by atoms with E-state index in [9.17, 15) is 34.4 Å². The van der Waals surface area contributed by atoms with Crippen molar-refractivity contribution >= 4 is 37.4 Å². The molecule has 0 aromatic heterocycles. The van der Waals surface area contributed by atoms with Gasteiger partial charge < -0.3 is 10.2 Å². The van der Waals surface area contributed by atoms with Crippen molar-refractivity contribution < 1.29 is 38.6 Å². The number of fused-ring (bicyclic) bond motifs is 1. The summed E-state index contributed by atoms with van der Waals surface area (Å²) >= 11 is 0. The summed E-state index contributed by atoms with van der Waals surface area (Å²) in [6, 6.07) is 5.03. The molecule has 1 saturated heterocycles. The van der Waals surface area contributed by atoms with Gasteiger partial charge in [-0.3, -0.25) is 4.18 Å². The molecule has 8 nitrogen and oxygen atoms in total. The van der Waals surface area contributed by atoms with E-state index in [-0.39, 0.29) is 41.0 Å². The van der Waals surface area contributed by atoms with E-state index in [4.69, 9.17) is 4.18 Å². The summed E-state index contributed by atoms with van der Waals surface area (Å²) in [7, 11) is -8.66. The van der Waals surface area contributed by atoms with Gasteiger partial charge in [-0.25, -0.2) is 4.39 Å². The average molecular weight is 562 g/mol. The topological polar surface area (TPSA) is 105 Å². The molecule has 2 aromatic rings. The molecule has 0 bridgehead atoms. The van der Waals surface area contributed by atoms with Gasteiger partial charge >= 0.3 is 6.18 Å². The van der Waals surface area contributed by atoms with Crippen molar-refractivity contribution in [2.75, 3.05) is 16.8 Å². The molecule has 0 radical (unpaired) electrons. The Labute approximate surface area is 211 Å². The molecule has 3 aliphatic rings. The molecule has 0 amide bonds. The minimum atomic E-state index is -4.85. The smallest absolute Gasteiger partial charge is 0.358 e. The number of sulfonamides is 1. The predicted octanol–water partition coefficient (Wildman–Crippen LogP) is 4.36. The van der Waals surface area contributed by atoms with E-state index in [1.54, 1.807) is 19.1 Å². The van der Waals surface area contributed by atoms with Crippen molar-refractivity contribution in [2.24, 2.45) is 10.3 Å². The van der Waals surface area contributed by atoms with Gasteiger partial charge in [0.1, 0.15) is 22.6 Å². The van der Waals surface area contributed by atoms with Crippen molar-refractivity contribution in [3.8, 4) is 0 Å². The first kappa shape index (κ1) is 25.9. The minimum absolute atomic E-state index is 0.117. The zero-order valence-corrected chi connectivity index (χ0v) is 21.1. The van der Waals surface area contributed by atoms with Gasteiger partial charge in [0.05, 0.1) is 22.4 Å². The van der Waals surface area contributed by atoms with Crippen molar-refractivity contribution in [1.29, 1.82) is 0 Å². The van der Waals surface area contributed by atoms with Gasteiger partial charge in [-0.15, -0.1) is 4.40 Å². The summed E-state index contributed by atoms with van der Waals surface area (Å²) in [6.45, 7) is 1.40. The lowest BCUT2D eigenvalue weighted by Crippen LogP contribution is -2.53. The number of halogens is 4. The Kier molecular flexibility index (Phi) is 6.27. The van der Waals surface area contributed by atoms with Gasteiger partial charge in [0, 0.05) is 18.9 Å². The van der Waals surface area contributed by atoms with Gasteiger partial charge in [-0.2, -0.15) is 30.0 Å². The third kappa shape index (κ3) is 5.18. The lowest BCUT2D eigenvalue weighted by Gasteiger charge is -2.42. The Morgan fingerprint density at radius 3 is 2.41 bits per heavy atom. The average Bonchev–Trinajstić information content (AvgIpc) is 3.64. The van der Waals surface area contributed by atoms with Crippen LogP contribution < -0.4 is 10.2 Å². The number of anilines is 2. The maximum Gasteiger partial charge on any atom is 0.408 e. The number of alkyl halides is 3. The summed E-state index contributed by atoms with van der Waals surface area (Å²) in [4.78, 5) is 0.135. The molecule has 2 aromatic carbocycles. The Balaban J connectivity index is 1.47. The second-order valence-corrected chi connectivity index (χ2v) is 12.6. The van der Waals surface area contributed by atoms with Crippen LogP contribution in [0.15, 0.2) is 50.6 Å². The van der Waals surface area contributed by atoms with Gasteiger partial charge in [0.2, 0.25) is 0 Å². The lowest BCUT2D eigenvalue weighted by atomic mass is 9.97. The van der Waals surface area contributed by atoms with Gasteiger partial charge in [-0.05, 0) is 50.5 Å². The third-order valence-electron chi connectivity index (χ3n) is 6.57. The SMILES string of the molecule is Cc1ccc(S(=O)(=O)O[C@@H]2CCN(c3cc(F)cc4c3NC(C3CC3)=NS4(=O)=O)[C@H](C(F)(F)F)C2)cc1. The van der Waals surface area contributed by atoms with E-state index in [0.717, 1.165) is 22.6 Å². The fourth-order valence-corrected chi connectivity index (χ4v) is 6.89. The van der Waals surface area contributed by atoms with Crippen LogP contribution >= 0.6 is 0 Å². The molecule has 2 fully saturated rings. The summed E-state index contributed by atoms with van der Waals surface area (Å²) in [6.07, 6.45) is -5.67. The normalized spacial score (nSPS) is 23.7. The first-order chi connectivity index (χ1) is 17.2. The number of amidine groups is 1. The van der Waals surface area contributed by atoms with Crippen LogP contribution in [-0.4, -0.2) is 47.5 Å². The van der Waals surface area contributed by atoms with E-state index >= 15 is 0 Å². The maximum atomic E-state index is 14.5. The fraction of sp³-hybridized carbons (Fsp3) is 0.435. The first-order valence-electron chi connectivity index (χ1n) is 11.5. The first-order valence-corrected chi connectivity index (χ1v) is 14.4. The molecule has 1 N–H and O–H groups in total.